The maximum atomic E-state index is 4.28. The van der Waals surface area contributed by atoms with Gasteiger partial charge in [0.2, 0.25) is 0 Å². The fourth-order valence-corrected chi connectivity index (χ4v) is 5.32. The SMILES string of the molecule is CCCCCCCCCCCCCCCCCCCC(Cc1ccccc1)C(C)n1ccnc1. The molecule has 0 fully saturated rings. The van der Waals surface area contributed by atoms with E-state index >= 15 is 0 Å². The number of benzene rings is 1. The lowest BCUT2D eigenvalue weighted by Gasteiger charge is -2.25. The summed E-state index contributed by atoms with van der Waals surface area (Å²) < 4.78 is 2.29. The minimum absolute atomic E-state index is 0.503. The van der Waals surface area contributed by atoms with Gasteiger partial charge in [-0.1, -0.05) is 146 Å². The van der Waals surface area contributed by atoms with Crippen LogP contribution in [0.3, 0.4) is 0 Å². The Labute approximate surface area is 212 Å². The van der Waals surface area contributed by atoms with E-state index in [1.807, 2.05) is 12.5 Å². The molecule has 2 atom stereocenters. The lowest BCUT2D eigenvalue weighted by molar-refractivity contribution is 0.318. The van der Waals surface area contributed by atoms with Crippen molar-refractivity contribution in [2.45, 2.75) is 142 Å². The van der Waals surface area contributed by atoms with Gasteiger partial charge in [-0.05, 0) is 31.2 Å². The van der Waals surface area contributed by atoms with Crippen LogP contribution in [0.5, 0.6) is 0 Å². The number of hydrogen-bond donors (Lipinski definition) is 0. The van der Waals surface area contributed by atoms with Crippen molar-refractivity contribution in [2.24, 2.45) is 5.92 Å². The highest BCUT2D eigenvalue weighted by Gasteiger charge is 2.18. The first-order chi connectivity index (χ1) is 16.8. The summed E-state index contributed by atoms with van der Waals surface area (Å²) in [6.07, 6.45) is 32.9. The van der Waals surface area contributed by atoms with Crippen LogP contribution in [-0.4, -0.2) is 9.55 Å². The predicted octanol–water partition coefficient (Wildman–Crippen LogP) is 10.3. The molecule has 0 bridgehead atoms. The van der Waals surface area contributed by atoms with E-state index in [0.717, 1.165) is 0 Å². The molecule has 0 saturated carbocycles. The second kappa shape index (κ2) is 19.7. The molecule has 0 N–H and O–H groups in total. The molecule has 34 heavy (non-hydrogen) atoms. The van der Waals surface area contributed by atoms with Crippen molar-refractivity contribution in [3.63, 3.8) is 0 Å². The van der Waals surface area contributed by atoms with E-state index < -0.39 is 0 Å². The quantitative estimate of drug-likeness (QED) is 0.158. The van der Waals surface area contributed by atoms with Crippen LogP contribution in [0.15, 0.2) is 49.1 Å². The van der Waals surface area contributed by atoms with Crippen molar-refractivity contribution in [1.29, 1.82) is 0 Å². The van der Waals surface area contributed by atoms with Crippen molar-refractivity contribution < 1.29 is 0 Å². The standard InChI is InChI=1S/C32H54N2/c1-3-4-5-6-7-8-9-10-11-12-13-14-15-16-17-18-22-25-32(28-31-23-20-19-21-24-31)30(2)34-27-26-33-29-34/h19-21,23-24,26-27,29-30,32H,3-18,22,25,28H2,1-2H3. The van der Waals surface area contributed by atoms with Gasteiger partial charge in [0.1, 0.15) is 0 Å². The fourth-order valence-electron chi connectivity index (χ4n) is 5.32. The molecule has 0 aliphatic carbocycles. The summed E-state index contributed by atoms with van der Waals surface area (Å²) in [6, 6.07) is 11.5. The minimum atomic E-state index is 0.503. The molecule has 0 saturated heterocycles. The van der Waals surface area contributed by atoms with Gasteiger partial charge in [-0.3, -0.25) is 0 Å². The molecule has 1 aromatic heterocycles. The molecule has 192 valence electrons. The Morgan fingerprint density at radius 1 is 0.676 bits per heavy atom. The van der Waals surface area contributed by atoms with Crippen LogP contribution < -0.4 is 0 Å². The Morgan fingerprint density at radius 3 is 1.65 bits per heavy atom. The Hall–Kier alpha value is -1.57. The summed E-state index contributed by atoms with van der Waals surface area (Å²) >= 11 is 0. The first-order valence-corrected chi connectivity index (χ1v) is 14.8. The third-order valence-corrected chi connectivity index (χ3v) is 7.70. The number of rotatable bonds is 22. The fraction of sp³-hybridized carbons (Fsp3) is 0.719. The highest BCUT2D eigenvalue weighted by Crippen LogP contribution is 2.27. The zero-order valence-corrected chi connectivity index (χ0v) is 22.6. The van der Waals surface area contributed by atoms with Gasteiger partial charge in [0, 0.05) is 18.4 Å². The topological polar surface area (TPSA) is 17.8 Å². The maximum absolute atomic E-state index is 4.28. The van der Waals surface area contributed by atoms with E-state index in [1.54, 1.807) is 0 Å². The molecule has 0 spiro atoms. The predicted molar refractivity (Wildman–Crippen MR) is 149 cm³/mol. The summed E-state index contributed by atoms with van der Waals surface area (Å²) in [5, 5.41) is 0. The second-order valence-corrected chi connectivity index (χ2v) is 10.6. The highest BCUT2D eigenvalue weighted by molar-refractivity contribution is 5.15. The van der Waals surface area contributed by atoms with Crippen LogP contribution in [0, 0.1) is 5.92 Å². The molecule has 2 nitrogen and oxygen atoms in total. The van der Waals surface area contributed by atoms with Crippen molar-refractivity contribution in [3.8, 4) is 0 Å². The van der Waals surface area contributed by atoms with Gasteiger partial charge in [-0.25, -0.2) is 4.98 Å². The van der Waals surface area contributed by atoms with Crippen LogP contribution >= 0.6 is 0 Å². The van der Waals surface area contributed by atoms with E-state index in [-0.39, 0.29) is 0 Å². The summed E-state index contributed by atoms with van der Waals surface area (Å²) in [5.41, 5.74) is 1.46. The van der Waals surface area contributed by atoms with E-state index in [4.69, 9.17) is 0 Å². The van der Waals surface area contributed by atoms with Gasteiger partial charge in [-0.15, -0.1) is 0 Å². The molecule has 2 aromatic rings. The van der Waals surface area contributed by atoms with Gasteiger partial charge in [0.05, 0.1) is 6.33 Å². The lowest BCUT2D eigenvalue weighted by Crippen LogP contribution is -2.18. The molecule has 0 amide bonds. The van der Waals surface area contributed by atoms with Gasteiger partial charge < -0.3 is 4.57 Å². The van der Waals surface area contributed by atoms with E-state index in [0.29, 0.717) is 12.0 Å². The average molecular weight is 467 g/mol. The van der Waals surface area contributed by atoms with Crippen LogP contribution in [0.2, 0.25) is 0 Å². The second-order valence-electron chi connectivity index (χ2n) is 10.6. The molecule has 2 rings (SSSR count). The van der Waals surface area contributed by atoms with Gasteiger partial charge >= 0.3 is 0 Å². The molecule has 1 aromatic carbocycles. The first-order valence-electron chi connectivity index (χ1n) is 14.8. The Balaban J connectivity index is 1.46. The van der Waals surface area contributed by atoms with E-state index in [2.05, 4.69) is 59.9 Å². The van der Waals surface area contributed by atoms with Crippen LogP contribution in [-0.2, 0) is 6.42 Å². The number of unbranched alkanes of at least 4 members (excludes halogenated alkanes) is 16. The largest absolute Gasteiger partial charge is 0.334 e. The van der Waals surface area contributed by atoms with Crippen LogP contribution in [0.25, 0.3) is 0 Å². The van der Waals surface area contributed by atoms with Crippen LogP contribution in [0.4, 0.5) is 0 Å². The minimum Gasteiger partial charge on any atom is -0.334 e. The molecular formula is C32H54N2. The van der Waals surface area contributed by atoms with E-state index in [1.165, 1.54) is 128 Å². The molecule has 1 heterocycles. The molecule has 0 aliphatic rings. The number of imidazole rings is 1. The highest BCUT2D eigenvalue weighted by atomic mass is 15.0. The summed E-state index contributed by atoms with van der Waals surface area (Å²) in [4.78, 5) is 4.28. The lowest BCUT2D eigenvalue weighted by atomic mass is 9.88. The molecule has 2 unspecified atom stereocenters. The van der Waals surface area contributed by atoms with Gasteiger partial charge in [0.15, 0.2) is 0 Å². The summed E-state index contributed by atoms with van der Waals surface area (Å²) in [5.74, 6) is 0.674. The maximum Gasteiger partial charge on any atom is 0.0948 e. The molecule has 2 heteroatoms. The van der Waals surface area contributed by atoms with Crippen molar-refractivity contribution in [3.05, 3.63) is 54.6 Å². The average Bonchev–Trinajstić information content (AvgIpc) is 3.40. The smallest absolute Gasteiger partial charge is 0.0948 e. The summed E-state index contributed by atoms with van der Waals surface area (Å²) in [6.45, 7) is 4.66. The number of hydrogen-bond acceptors (Lipinski definition) is 1. The van der Waals surface area contributed by atoms with Crippen molar-refractivity contribution in [1.82, 2.24) is 9.55 Å². The Morgan fingerprint density at radius 2 is 1.18 bits per heavy atom. The number of nitrogens with zero attached hydrogens (tertiary/aromatic N) is 2. The molecule has 0 radical (unpaired) electrons. The zero-order valence-electron chi connectivity index (χ0n) is 22.6. The third-order valence-electron chi connectivity index (χ3n) is 7.70. The van der Waals surface area contributed by atoms with Gasteiger partial charge in [-0.2, -0.15) is 0 Å². The van der Waals surface area contributed by atoms with Crippen LogP contribution in [0.1, 0.15) is 141 Å². The van der Waals surface area contributed by atoms with Gasteiger partial charge in [0.25, 0.3) is 0 Å². The summed E-state index contributed by atoms with van der Waals surface area (Å²) in [7, 11) is 0. The zero-order chi connectivity index (χ0) is 24.1. The normalized spacial score (nSPS) is 13.2. The van der Waals surface area contributed by atoms with E-state index in [9.17, 15) is 0 Å². The first kappa shape index (κ1) is 28.7. The number of aromatic nitrogens is 2. The Kier molecular flexibility index (Phi) is 16.6. The third kappa shape index (κ3) is 13.4. The monoisotopic (exact) mass is 466 g/mol. The molecule has 0 aliphatic heterocycles. The van der Waals surface area contributed by atoms with Crippen molar-refractivity contribution in [2.75, 3.05) is 0 Å². The van der Waals surface area contributed by atoms with Crippen molar-refractivity contribution >= 4 is 0 Å². The molecular weight excluding hydrogens is 412 g/mol. The Bertz CT molecular complexity index is 664.